The van der Waals surface area contributed by atoms with Gasteiger partial charge in [-0.3, -0.25) is 0 Å². The van der Waals surface area contributed by atoms with Gasteiger partial charge in [-0.05, 0) is 19.1 Å². The van der Waals surface area contributed by atoms with Crippen LogP contribution in [-0.2, 0) is 6.18 Å². The van der Waals surface area contributed by atoms with Gasteiger partial charge in [0.15, 0.2) is 5.82 Å². The van der Waals surface area contributed by atoms with Gasteiger partial charge in [0, 0.05) is 6.20 Å². The molecule has 0 aliphatic heterocycles. The van der Waals surface area contributed by atoms with Crippen molar-refractivity contribution in [3.63, 3.8) is 0 Å². The predicted molar refractivity (Wildman–Crippen MR) is 62.8 cm³/mol. The van der Waals surface area contributed by atoms with Crippen LogP contribution in [0.3, 0.4) is 0 Å². The monoisotopic (exact) mass is 296 g/mol. The zero-order valence-electron chi connectivity index (χ0n) is 10.5. The van der Waals surface area contributed by atoms with Crippen molar-refractivity contribution in [2.75, 3.05) is 0 Å². The summed E-state index contributed by atoms with van der Waals surface area (Å²) >= 11 is 0. The molecule has 0 unspecified atom stereocenters. The Kier molecular flexibility index (Phi) is 3.39. The average molecular weight is 296 g/mol. The van der Waals surface area contributed by atoms with E-state index in [4.69, 9.17) is 10.4 Å². The van der Waals surface area contributed by atoms with Crippen molar-refractivity contribution in [1.29, 1.82) is 5.26 Å². The molecule has 0 aliphatic carbocycles. The maximum Gasteiger partial charge on any atom is 0.433 e. The standard InChI is InChI=1S/C12H7F3N4O2/c1-6-8(11(20)21)5-19(18-6)10-7(4-16)2-3-9(17-10)12(13,14)15/h2-3,5H,1H3,(H,20,21). The number of aryl methyl sites for hydroxylation is 1. The molecule has 0 saturated carbocycles. The van der Waals surface area contributed by atoms with Crippen molar-refractivity contribution in [2.24, 2.45) is 0 Å². The molecule has 2 aromatic heterocycles. The van der Waals surface area contributed by atoms with Gasteiger partial charge in [0.1, 0.15) is 17.3 Å². The number of hydrogen-bond acceptors (Lipinski definition) is 4. The fourth-order valence-corrected chi connectivity index (χ4v) is 1.65. The molecule has 0 spiro atoms. The summed E-state index contributed by atoms with van der Waals surface area (Å²) in [6, 6.07) is 3.33. The van der Waals surface area contributed by atoms with Crippen LogP contribution in [0.4, 0.5) is 13.2 Å². The number of alkyl halides is 3. The highest BCUT2D eigenvalue weighted by Crippen LogP contribution is 2.29. The first-order chi connectivity index (χ1) is 9.74. The molecule has 2 heterocycles. The van der Waals surface area contributed by atoms with Crippen LogP contribution in [0.15, 0.2) is 18.3 Å². The van der Waals surface area contributed by atoms with Crippen molar-refractivity contribution in [1.82, 2.24) is 14.8 Å². The Morgan fingerprint density at radius 1 is 1.43 bits per heavy atom. The molecule has 2 rings (SSSR count). The summed E-state index contributed by atoms with van der Waals surface area (Å²) in [5.41, 5.74) is -1.42. The number of nitrogens with zero attached hydrogens (tertiary/aromatic N) is 4. The molecule has 1 N–H and O–H groups in total. The Hall–Kier alpha value is -2.89. The van der Waals surface area contributed by atoms with E-state index in [0.717, 1.165) is 16.9 Å². The topological polar surface area (TPSA) is 91.8 Å². The van der Waals surface area contributed by atoms with E-state index in [1.54, 1.807) is 6.07 Å². The van der Waals surface area contributed by atoms with Crippen molar-refractivity contribution in [2.45, 2.75) is 13.1 Å². The minimum Gasteiger partial charge on any atom is -0.478 e. The van der Waals surface area contributed by atoms with Crippen LogP contribution in [0.25, 0.3) is 5.82 Å². The largest absolute Gasteiger partial charge is 0.478 e. The molecule has 0 aromatic carbocycles. The Labute approximate surface area is 116 Å². The Morgan fingerprint density at radius 2 is 2.10 bits per heavy atom. The highest BCUT2D eigenvalue weighted by atomic mass is 19.4. The van der Waals surface area contributed by atoms with E-state index in [1.807, 2.05) is 0 Å². The van der Waals surface area contributed by atoms with Crippen LogP contribution in [-0.4, -0.2) is 25.8 Å². The lowest BCUT2D eigenvalue weighted by atomic mass is 10.2. The SMILES string of the molecule is Cc1nn(-c2nc(C(F)(F)F)ccc2C#N)cc1C(=O)O. The molecule has 9 heteroatoms. The minimum atomic E-state index is -4.68. The number of carboxylic acid groups (broad SMARTS) is 1. The third-order valence-corrected chi connectivity index (χ3v) is 2.63. The number of nitriles is 1. The van der Waals surface area contributed by atoms with Crippen molar-refractivity contribution < 1.29 is 23.1 Å². The molecule has 0 atom stereocenters. The molecule has 6 nitrogen and oxygen atoms in total. The van der Waals surface area contributed by atoms with E-state index in [9.17, 15) is 18.0 Å². The molecule has 0 amide bonds. The molecule has 21 heavy (non-hydrogen) atoms. The van der Waals surface area contributed by atoms with E-state index in [1.165, 1.54) is 6.92 Å². The maximum absolute atomic E-state index is 12.7. The predicted octanol–water partition coefficient (Wildman–Crippen LogP) is 2.16. The summed E-state index contributed by atoms with van der Waals surface area (Å²) in [6.07, 6.45) is -3.67. The van der Waals surface area contributed by atoms with Gasteiger partial charge in [0.2, 0.25) is 0 Å². The quantitative estimate of drug-likeness (QED) is 0.916. The highest BCUT2D eigenvalue weighted by Gasteiger charge is 2.33. The molecule has 0 fully saturated rings. The third kappa shape index (κ3) is 2.69. The van der Waals surface area contributed by atoms with Crippen LogP contribution < -0.4 is 0 Å². The normalized spacial score (nSPS) is 11.2. The van der Waals surface area contributed by atoms with E-state index in [-0.39, 0.29) is 22.6 Å². The summed E-state index contributed by atoms with van der Waals surface area (Å²) in [6.45, 7) is 1.39. The fourth-order valence-electron chi connectivity index (χ4n) is 1.65. The Bertz CT molecular complexity index is 759. The molecule has 0 saturated heterocycles. The molecule has 108 valence electrons. The summed E-state index contributed by atoms with van der Waals surface area (Å²) in [4.78, 5) is 14.3. The summed E-state index contributed by atoms with van der Waals surface area (Å²) in [7, 11) is 0. The van der Waals surface area contributed by atoms with Crippen molar-refractivity contribution in [3.05, 3.63) is 40.8 Å². The third-order valence-electron chi connectivity index (χ3n) is 2.63. The smallest absolute Gasteiger partial charge is 0.433 e. The zero-order chi connectivity index (χ0) is 15.8. The van der Waals surface area contributed by atoms with Crippen LogP contribution in [0, 0.1) is 18.3 Å². The number of carbonyl (C=O) groups is 1. The van der Waals surface area contributed by atoms with Gasteiger partial charge in [-0.25, -0.2) is 14.5 Å². The number of carboxylic acids is 1. The second-order valence-corrected chi connectivity index (χ2v) is 4.06. The van der Waals surface area contributed by atoms with Crippen LogP contribution >= 0.6 is 0 Å². The van der Waals surface area contributed by atoms with Gasteiger partial charge in [0.25, 0.3) is 0 Å². The number of rotatable bonds is 2. The zero-order valence-corrected chi connectivity index (χ0v) is 10.5. The fraction of sp³-hybridized carbons (Fsp3) is 0.167. The van der Waals surface area contributed by atoms with Gasteiger partial charge in [-0.15, -0.1) is 0 Å². The number of aromatic carboxylic acids is 1. The number of halogens is 3. The summed E-state index contributed by atoms with van der Waals surface area (Å²) in [5.74, 6) is -1.65. The van der Waals surface area contributed by atoms with Gasteiger partial charge in [0.05, 0.1) is 11.3 Å². The van der Waals surface area contributed by atoms with Gasteiger partial charge in [-0.2, -0.15) is 23.5 Å². The van der Waals surface area contributed by atoms with Crippen molar-refractivity contribution >= 4 is 5.97 Å². The lowest BCUT2D eigenvalue weighted by molar-refractivity contribution is -0.141. The van der Waals surface area contributed by atoms with E-state index >= 15 is 0 Å². The second kappa shape index (κ2) is 4.90. The minimum absolute atomic E-state index is 0.102. The molecule has 2 aromatic rings. The van der Waals surface area contributed by atoms with Crippen LogP contribution in [0.5, 0.6) is 0 Å². The first-order valence-electron chi connectivity index (χ1n) is 5.52. The summed E-state index contributed by atoms with van der Waals surface area (Å²) in [5, 5.41) is 21.6. The Balaban J connectivity index is 2.65. The number of hydrogen-bond donors (Lipinski definition) is 1. The van der Waals surface area contributed by atoms with Gasteiger partial charge >= 0.3 is 12.1 Å². The first kappa shape index (κ1) is 14.5. The van der Waals surface area contributed by atoms with Gasteiger partial charge < -0.3 is 5.11 Å². The lowest BCUT2D eigenvalue weighted by Crippen LogP contribution is -2.12. The first-order valence-corrected chi connectivity index (χ1v) is 5.52. The molecular weight excluding hydrogens is 289 g/mol. The molecule has 0 radical (unpaired) electrons. The van der Waals surface area contributed by atoms with Gasteiger partial charge in [-0.1, -0.05) is 0 Å². The second-order valence-electron chi connectivity index (χ2n) is 4.06. The number of pyridine rings is 1. The van der Waals surface area contributed by atoms with Crippen molar-refractivity contribution in [3.8, 4) is 11.9 Å². The van der Waals surface area contributed by atoms with E-state index in [2.05, 4.69) is 10.1 Å². The average Bonchev–Trinajstić information content (AvgIpc) is 2.79. The molecule has 0 aliphatic rings. The number of aromatic nitrogens is 3. The van der Waals surface area contributed by atoms with Crippen LogP contribution in [0.2, 0.25) is 0 Å². The maximum atomic E-state index is 12.7. The summed E-state index contributed by atoms with van der Waals surface area (Å²) < 4.78 is 38.8. The van der Waals surface area contributed by atoms with E-state index < -0.39 is 17.8 Å². The van der Waals surface area contributed by atoms with E-state index in [0.29, 0.717) is 6.07 Å². The highest BCUT2D eigenvalue weighted by molar-refractivity contribution is 5.88. The Morgan fingerprint density at radius 3 is 2.57 bits per heavy atom. The molecule has 0 bridgehead atoms. The molecular formula is C12H7F3N4O2. The van der Waals surface area contributed by atoms with Crippen LogP contribution in [0.1, 0.15) is 27.3 Å². The lowest BCUT2D eigenvalue weighted by Gasteiger charge is -2.09.